The molecule has 0 spiro atoms. The number of benzene rings is 1. The number of hydrogen-bond donors (Lipinski definition) is 1. The highest BCUT2D eigenvalue weighted by atomic mass is 19.2. The molecule has 1 N–H and O–H groups in total. The maximum absolute atomic E-state index is 13.0. The van der Waals surface area contributed by atoms with E-state index in [1.807, 2.05) is 0 Å². The second-order valence-electron chi connectivity index (χ2n) is 3.59. The van der Waals surface area contributed by atoms with Crippen LogP contribution in [0.5, 0.6) is 0 Å². The van der Waals surface area contributed by atoms with E-state index in [4.69, 9.17) is 6.42 Å². The minimum atomic E-state index is -1.15. The van der Waals surface area contributed by atoms with Crippen molar-refractivity contribution < 1.29 is 23.1 Å². The van der Waals surface area contributed by atoms with Crippen molar-refractivity contribution >= 4 is 11.9 Å². The summed E-state index contributed by atoms with van der Waals surface area (Å²) < 4.78 is 30.2. The first kappa shape index (κ1) is 14.6. The van der Waals surface area contributed by atoms with Crippen molar-refractivity contribution in [2.24, 2.45) is 0 Å². The third-order valence-electron chi connectivity index (χ3n) is 2.29. The summed E-state index contributed by atoms with van der Waals surface area (Å²) in [5.41, 5.74) is -0.121. The fourth-order valence-corrected chi connectivity index (χ4v) is 1.33. The topological polar surface area (TPSA) is 55.4 Å². The minimum absolute atomic E-state index is 0.0674. The van der Waals surface area contributed by atoms with Crippen LogP contribution in [0.25, 0.3) is 0 Å². The third-order valence-corrected chi connectivity index (χ3v) is 2.29. The van der Waals surface area contributed by atoms with E-state index in [0.29, 0.717) is 0 Å². The molecule has 100 valence electrons. The molecule has 1 aromatic carbocycles. The van der Waals surface area contributed by atoms with Gasteiger partial charge in [0.1, 0.15) is 6.04 Å². The van der Waals surface area contributed by atoms with E-state index in [9.17, 15) is 18.4 Å². The van der Waals surface area contributed by atoms with Gasteiger partial charge >= 0.3 is 5.97 Å². The zero-order valence-electron chi connectivity index (χ0n) is 10.1. The van der Waals surface area contributed by atoms with Gasteiger partial charge in [0.25, 0.3) is 5.91 Å². The van der Waals surface area contributed by atoms with Gasteiger partial charge in [-0.2, -0.15) is 0 Å². The Morgan fingerprint density at radius 1 is 1.42 bits per heavy atom. The Balaban J connectivity index is 2.85. The fourth-order valence-electron chi connectivity index (χ4n) is 1.33. The highest BCUT2D eigenvalue weighted by molar-refractivity contribution is 5.96. The van der Waals surface area contributed by atoms with Gasteiger partial charge in [0.15, 0.2) is 11.6 Å². The number of terminal acetylenes is 1. The molecule has 0 fully saturated rings. The van der Waals surface area contributed by atoms with Crippen molar-refractivity contribution in [3.63, 3.8) is 0 Å². The summed E-state index contributed by atoms with van der Waals surface area (Å²) in [6, 6.07) is 1.61. The summed E-state index contributed by atoms with van der Waals surface area (Å²) in [7, 11) is 1.15. The van der Waals surface area contributed by atoms with Crippen LogP contribution in [0.15, 0.2) is 18.2 Å². The summed E-state index contributed by atoms with van der Waals surface area (Å²) in [5, 5.41) is 2.29. The van der Waals surface area contributed by atoms with Gasteiger partial charge in [0.2, 0.25) is 0 Å². The Bertz CT molecular complexity index is 537. The summed E-state index contributed by atoms with van der Waals surface area (Å²) in [6.45, 7) is 0. The number of hydrogen-bond acceptors (Lipinski definition) is 3. The average molecular weight is 267 g/mol. The molecule has 0 saturated carbocycles. The molecule has 0 aliphatic heterocycles. The largest absolute Gasteiger partial charge is 0.467 e. The first-order valence-corrected chi connectivity index (χ1v) is 5.26. The number of ether oxygens (including phenoxy) is 1. The molecule has 0 unspecified atom stereocenters. The number of nitrogens with one attached hydrogen (secondary N) is 1. The molecule has 4 nitrogen and oxygen atoms in total. The molecule has 0 aliphatic carbocycles. The van der Waals surface area contributed by atoms with Crippen LogP contribution in [0.1, 0.15) is 16.8 Å². The molecule has 1 aromatic rings. The van der Waals surface area contributed by atoms with Crippen LogP contribution in [0.3, 0.4) is 0 Å². The predicted molar refractivity (Wildman–Crippen MR) is 63.1 cm³/mol. The Hall–Kier alpha value is -2.42. The van der Waals surface area contributed by atoms with Gasteiger partial charge in [-0.1, -0.05) is 0 Å². The van der Waals surface area contributed by atoms with Gasteiger partial charge in [-0.15, -0.1) is 12.3 Å². The van der Waals surface area contributed by atoms with E-state index in [2.05, 4.69) is 16.0 Å². The lowest BCUT2D eigenvalue weighted by Crippen LogP contribution is -2.41. The van der Waals surface area contributed by atoms with Crippen LogP contribution in [0, 0.1) is 24.0 Å². The first-order chi connectivity index (χ1) is 8.99. The molecule has 6 heteroatoms. The minimum Gasteiger partial charge on any atom is -0.467 e. The number of methoxy groups -OCH3 is 1. The van der Waals surface area contributed by atoms with Crippen molar-refractivity contribution in [2.45, 2.75) is 12.5 Å². The lowest BCUT2D eigenvalue weighted by atomic mass is 10.1. The molecule has 0 radical (unpaired) electrons. The second kappa shape index (κ2) is 6.50. The van der Waals surface area contributed by atoms with Crippen LogP contribution >= 0.6 is 0 Å². The molecule has 1 atom stereocenters. The highest BCUT2D eigenvalue weighted by Gasteiger charge is 2.21. The van der Waals surface area contributed by atoms with Crippen molar-refractivity contribution in [1.29, 1.82) is 0 Å². The smallest absolute Gasteiger partial charge is 0.329 e. The Morgan fingerprint density at radius 2 is 2.11 bits per heavy atom. The molecule has 0 aliphatic rings. The van der Waals surface area contributed by atoms with E-state index in [-0.39, 0.29) is 12.0 Å². The van der Waals surface area contributed by atoms with E-state index in [1.54, 1.807) is 0 Å². The molecular formula is C13H11F2NO3. The van der Waals surface area contributed by atoms with E-state index in [1.165, 1.54) is 0 Å². The molecule has 0 bridgehead atoms. The highest BCUT2D eigenvalue weighted by Crippen LogP contribution is 2.09. The van der Waals surface area contributed by atoms with E-state index in [0.717, 1.165) is 25.3 Å². The molecule has 1 amide bonds. The summed E-state index contributed by atoms with van der Waals surface area (Å²) in [6.07, 6.45) is 4.99. The van der Waals surface area contributed by atoms with Crippen LogP contribution < -0.4 is 5.32 Å². The summed E-state index contributed by atoms with van der Waals surface area (Å²) >= 11 is 0. The summed E-state index contributed by atoms with van der Waals surface area (Å²) in [4.78, 5) is 23.1. The van der Waals surface area contributed by atoms with Gasteiger partial charge in [-0.3, -0.25) is 4.79 Å². The number of esters is 1. The average Bonchev–Trinajstić information content (AvgIpc) is 2.40. The molecule has 19 heavy (non-hydrogen) atoms. The number of rotatable bonds is 4. The summed E-state index contributed by atoms with van der Waals surface area (Å²) in [5.74, 6) is -1.47. The van der Waals surface area contributed by atoms with Crippen LogP contribution in [0.4, 0.5) is 8.78 Å². The maximum atomic E-state index is 13.0. The SMILES string of the molecule is C#CC[C@@H](NC(=O)c1ccc(F)c(F)c1)C(=O)OC. The predicted octanol–water partition coefficient (Wildman–Crippen LogP) is 1.26. The van der Waals surface area contributed by atoms with E-state index < -0.39 is 29.6 Å². The molecule has 0 heterocycles. The Kier molecular flexibility index (Phi) is 5.01. The first-order valence-electron chi connectivity index (χ1n) is 5.26. The van der Waals surface area contributed by atoms with Gasteiger partial charge < -0.3 is 10.1 Å². The fraction of sp³-hybridized carbons (Fsp3) is 0.231. The van der Waals surface area contributed by atoms with Crippen molar-refractivity contribution in [2.75, 3.05) is 7.11 Å². The van der Waals surface area contributed by atoms with Crippen molar-refractivity contribution in [3.05, 3.63) is 35.4 Å². The van der Waals surface area contributed by atoms with Crippen molar-refractivity contribution in [3.8, 4) is 12.3 Å². The van der Waals surface area contributed by atoms with Gasteiger partial charge in [-0.05, 0) is 18.2 Å². The number of carbonyl (C=O) groups is 2. The number of amides is 1. The quantitative estimate of drug-likeness (QED) is 0.660. The van der Waals surface area contributed by atoms with E-state index >= 15 is 0 Å². The normalized spacial score (nSPS) is 11.3. The second-order valence-corrected chi connectivity index (χ2v) is 3.59. The standard InChI is InChI=1S/C13H11F2NO3/c1-3-4-11(13(18)19-2)16-12(17)8-5-6-9(14)10(15)7-8/h1,5-7,11H,4H2,2H3,(H,16,17)/t11-/m1/s1. The third kappa shape index (κ3) is 3.78. The molecule has 1 rings (SSSR count). The lowest BCUT2D eigenvalue weighted by Gasteiger charge is -2.14. The van der Waals surface area contributed by atoms with Gasteiger partial charge in [0.05, 0.1) is 7.11 Å². The maximum Gasteiger partial charge on any atom is 0.329 e. The van der Waals surface area contributed by atoms with Gasteiger partial charge in [0, 0.05) is 12.0 Å². The Morgan fingerprint density at radius 3 is 2.63 bits per heavy atom. The van der Waals surface area contributed by atoms with Crippen molar-refractivity contribution in [1.82, 2.24) is 5.32 Å². The molecule has 0 saturated heterocycles. The zero-order chi connectivity index (χ0) is 14.4. The van der Waals surface area contributed by atoms with Crippen LogP contribution in [0.2, 0.25) is 0 Å². The van der Waals surface area contributed by atoms with Crippen LogP contribution in [-0.4, -0.2) is 25.0 Å². The monoisotopic (exact) mass is 267 g/mol. The zero-order valence-corrected chi connectivity index (χ0v) is 10.1. The van der Waals surface area contributed by atoms with Gasteiger partial charge in [-0.25, -0.2) is 13.6 Å². The molecular weight excluding hydrogens is 256 g/mol. The lowest BCUT2D eigenvalue weighted by molar-refractivity contribution is -0.142. The van der Waals surface area contributed by atoms with Crippen LogP contribution in [-0.2, 0) is 9.53 Å². The number of carbonyl (C=O) groups excluding carboxylic acids is 2. The number of halogens is 2. The Labute approximate surface area is 108 Å². The molecule has 0 aromatic heterocycles.